The Morgan fingerprint density at radius 3 is 2.10 bits per heavy atom. The molecule has 1 aromatic carbocycles. The van der Waals surface area contributed by atoms with Crippen LogP contribution in [0.4, 0.5) is 0 Å². The molecule has 1 amide bonds. The van der Waals surface area contributed by atoms with E-state index in [0.29, 0.717) is 5.75 Å². The Morgan fingerprint density at radius 2 is 1.57 bits per heavy atom. The molecule has 114 valence electrons. The third-order valence-electron chi connectivity index (χ3n) is 2.61. The topological polar surface area (TPSA) is 94.9 Å². The van der Waals surface area contributed by atoms with Crippen LogP contribution in [0.25, 0.3) is 0 Å². The molecule has 1 aromatic rings. The van der Waals surface area contributed by atoms with Gasteiger partial charge >= 0.3 is 11.9 Å². The van der Waals surface area contributed by atoms with Crippen molar-refractivity contribution in [2.24, 2.45) is 0 Å². The predicted molar refractivity (Wildman–Crippen MR) is 79.3 cm³/mol. The van der Waals surface area contributed by atoms with Crippen LogP contribution in [0.1, 0.15) is 5.56 Å². The Hall–Kier alpha value is -2.02. The van der Waals surface area contributed by atoms with E-state index in [4.69, 9.17) is 10.2 Å². The summed E-state index contributed by atoms with van der Waals surface area (Å²) in [5.41, 5.74) is 1.16. The highest BCUT2D eigenvalue weighted by atomic mass is 32.2. The fourth-order valence-corrected chi connectivity index (χ4v) is 2.53. The summed E-state index contributed by atoms with van der Waals surface area (Å²) in [6.07, 6.45) is 0.802. The summed E-state index contributed by atoms with van der Waals surface area (Å²) in [6.45, 7) is -1.19. The number of aryl methyl sites for hydroxylation is 1. The van der Waals surface area contributed by atoms with Crippen molar-refractivity contribution < 1.29 is 24.6 Å². The average molecular weight is 311 g/mol. The first kappa shape index (κ1) is 17.0. The molecule has 0 heterocycles. The minimum absolute atomic E-state index is 0.0768. The normalized spacial score (nSPS) is 10.1. The van der Waals surface area contributed by atoms with E-state index in [1.54, 1.807) is 0 Å². The molecule has 1 rings (SSSR count). The molecule has 0 atom stereocenters. The van der Waals surface area contributed by atoms with Crippen molar-refractivity contribution in [1.29, 1.82) is 0 Å². The Balaban J connectivity index is 2.35. The first-order valence-corrected chi connectivity index (χ1v) is 7.47. The van der Waals surface area contributed by atoms with Gasteiger partial charge in [0.15, 0.2) is 0 Å². The van der Waals surface area contributed by atoms with Gasteiger partial charge < -0.3 is 15.1 Å². The second-order valence-electron chi connectivity index (χ2n) is 4.33. The van der Waals surface area contributed by atoms with Crippen molar-refractivity contribution in [3.05, 3.63) is 35.9 Å². The van der Waals surface area contributed by atoms with E-state index in [-0.39, 0.29) is 5.75 Å². The van der Waals surface area contributed by atoms with Crippen LogP contribution in [0.15, 0.2) is 30.3 Å². The number of aliphatic carboxylic acids is 2. The molecule has 0 saturated heterocycles. The summed E-state index contributed by atoms with van der Waals surface area (Å²) < 4.78 is 0. The second kappa shape index (κ2) is 9.02. The fraction of sp³-hybridized carbons (Fsp3) is 0.357. The van der Waals surface area contributed by atoms with Gasteiger partial charge in [0, 0.05) is 0 Å². The zero-order valence-corrected chi connectivity index (χ0v) is 12.2. The highest BCUT2D eigenvalue weighted by Gasteiger charge is 2.19. The van der Waals surface area contributed by atoms with Crippen molar-refractivity contribution in [1.82, 2.24) is 4.90 Å². The molecule has 0 aliphatic carbocycles. The first-order valence-electron chi connectivity index (χ1n) is 6.32. The lowest BCUT2D eigenvalue weighted by Crippen LogP contribution is -2.40. The number of hydrogen-bond donors (Lipinski definition) is 2. The van der Waals surface area contributed by atoms with E-state index in [0.717, 1.165) is 16.9 Å². The van der Waals surface area contributed by atoms with Gasteiger partial charge in [0.1, 0.15) is 13.1 Å². The van der Waals surface area contributed by atoms with E-state index in [1.807, 2.05) is 30.3 Å². The van der Waals surface area contributed by atoms with Gasteiger partial charge in [-0.3, -0.25) is 14.4 Å². The smallest absolute Gasteiger partial charge is 0.323 e. The van der Waals surface area contributed by atoms with Gasteiger partial charge in [-0.2, -0.15) is 11.8 Å². The van der Waals surface area contributed by atoms with Crippen molar-refractivity contribution >= 4 is 29.6 Å². The number of amides is 1. The third kappa shape index (κ3) is 7.36. The Morgan fingerprint density at radius 1 is 1.00 bits per heavy atom. The standard InChI is InChI=1S/C14H17NO5S/c16-12(15(8-13(17)18)9-14(19)20)10-21-7-6-11-4-2-1-3-5-11/h1-5H,6-10H2,(H,17,18)(H,19,20). The van der Waals surface area contributed by atoms with Gasteiger partial charge in [-0.25, -0.2) is 0 Å². The van der Waals surface area contributed by atoms with Crippen LogP contribution in [0.2, 0.25) is 0 Å². The van der Waals surface area contributed by atoms with Gasteiger partial charge in [-0.15, -0.1) is 0 Å². The van der Waals surface area contributed by atoms with Crippen molar-refractivity contribution in [2.45, 2.75) is 6.42 Å². The molecule has 0 radical (unpaired) electrons. The highest BCUT2D eigenvalue weighted by molar-refractivity contribution is 7.99. The number of thioether (sulfide) groups is 1. The van der Waals surface area contributed by atoms with Gasteiger partial charge in [0.2, 0.25) is 5.91 Å². The molecule has 0 bridgehead atoms. The van der Waals surface area contributed by atoms with Crippen molar-refractivity contribution in [2.75, 3.05) is 24.6 Å². The maximum absolute atomic E-state index is 11.8. The molecule has 0 aliphatic rings. The lowest BCUT2D eigenvalue weighted by molar-refractivity contribution is -0.148. The highest BCUT2D eigenvalue weighted by Crippen LogP contribution is 2.08. The van der Waals surface area contributed by atoms with E-state index in [1.165, 1.54) is 11.8 Å². The summed E-state index contributed by atoms with van der Waals surface area (Å²) >= 11 is 1.36. The Bertz CT molecular complexity index is 475. The molecular weight excluding hydrogens is 294 g/mol. The van der Waals surface area contributed by atoms with Crippen LogP contribution >= 0.6 is 11.8 Å². The van der Waals surface area contributed by atoms with Crippen LogP contribution in [-0.4, -0.2) is 57.6 Å². The maximum Gasteiger partial charge on any atom is 0.323 e. The number of hydrogen-bond acceptors (Lipinski definition) is 4. The van der Waals surface area contributed by atoms with Crippen LogP contribution in [0, 0.1) is 0 Å². The van der Waals surface area contributed by atoms with Crippen LogP contribution in [0.3, 0.4) is 0 Å². The largest absolute Gasteiger partial charge is 0.480 e. The SMILES string of the molecule is O=C(O)CN(CC(=O)O)C(=O)CSCCc1ccccc1. The molecule has 0 saturated carbocycles. The minimum atomic E-state index is -1.22. The summed E-state index contributed by atoms with van der Waals surface area (Å²) in [5.74, 6) is -2.13. The van der Waals surface area contributed by atoms with Crippen LogP contribution in [0.5, 0.6) is 0 Å². The molecule has 7 heteroatoms. The summed E-state index contributed by atoms with van der Waals surface area (Å²) in [5, 5.41) is 17.3. The number of carbonyl (C=O) groups excluding carboxylic acids is 1. The molecule has 0 aliphatic heterocycles. The van der Waals surface area contributed by atoms with Crippen molar-refractivity contribution in [3.63, 3.8) is 0 Å². The van der Waals surface area contributed by atoms with Crippen LogP contribution in [-0.2, 0) is 20.8 Å². The monoisotopic (exact) mass is 311 g/mol. The zero-order chi connectivity index (χ0) is 15.7. The molecule has 2 N–H and O–H groups in total. The number of carboxylic acids is 2. The Labute approximate surface area is 126 Å². The van der Waals surface area contributed by atoms with Crippen LogP contribution < -0.4 is 0 Å². The average Bonchev–Trinajstić information content (AvgIpc) is 2.43. The zero-order valence-electron chi connectivity index (χ0n) is 11.4. The number of rotatable bonds is 9. The van der Waals surface area contributed by atoms with E-state index >= 15 is 0 Å². The second-order valence-corrected chi connectivity index (χ2v) is 5.43. The lowest BCUT2D eigenvalue weighted by Gasteiger charge is -2.18. The first-order chi connectivity index (χ1) is 9.99. The molecule has 0 fully saturated rings. The van der Waals surface area contributed by atoms with E-state index in [9.17, 15) is 14.4 Å². The number of carboxylic acid groups (broad SMARTS) is 2. The van der Waals surface area contributed by atoms with Gasteiger partial charge in [-0.1, -0.05) is 30.3 Å². The maximum atomic E-state index is 11.8. The Kier molecular flexibility index (Phi) is 7.31. The summed E-state index contributed by atoms with van der Waals surface area (Å²) in [7, 11) is 0. The summed E-state index contributed by atoms with van der Waals surface area (Å²) in [4.78, 5) is 33.9. The summed E-state index contributed by atoms with van der Waals surface area (Å²) in [6, 6.07) is 9.78. The molecule has 21 heavy (non-hydrogen) atoms. The predicted octanol–water partition coefficient (Wildman–Crippen LogP) is 0.960. The van der Waals surface area contributed by atoms with E-state index < -0.39 is 30.9 Å². The van der Waals surface area contributed by atoms with Crippen molar-refractivity contribution in [3.8, 4) is 0 Å². The minimum Gasteiger partial charge on any atom is -0.480 e. The molecule has 0 spiro atoms. The van der Waals surface area contributed by atoms with E-state index in [2.05, 4.69) is 0 Å². The third-order valence-corrected chi connectivity index (χ3v) is 3.55. The fourth-order valence-electron chi connectivity index (χ4n) is 1.64. The molecule has 0 aromatic heterocycles. The molecule has 0 unspecified atom stereocenters. The molecule has 6 nitrogen and oxygen atoms in total. The van der Waals surface area contributed by atoms with Gasteiger partial charge in [0.05, 0.1) is 5.75 Å². The quantitative estimate of drug-likeness (QED) is 0.660. The number of benzene rings is 1. The number of carbonyl (C=O) groups is 3. The van der Waals surface area contributed by atoms with Gasteiger partial charge in [-0.05, 0) is 17.7 Å². The lowest BCUT2D eigenvalue weighted by atomic mass is 10.2. The molecular formula is C14H17NO5S. The van der Waals surface area contributed by atoms with Gasteiger partial charge in [0.25, 0.3) is 0 Å². The number of nitrogens with zero attached hydrogens (tertiary/aromatic N) is 1.